The van der Waals surface area contributed by atoms with E-state index in [9.17, 15) is 18.0 Å². The molecule has 2 aromatic carbocycles. The number of carbonyl (C=O) groups excluding carboxylic acids is 1. The number of hydrogen-bond acceptors (Lipinski definition) is 4. The molecule has 1 aliphatic rings. The van der Waals surface area contributed by atoms with E-state index in [2.05, 4.69) is 25.8 Å². The fraction of sp³-hybridized carbons (Fsp3) is 0.125. The van der Waals surface area contributed by atoms with Crippen LogP contribution in [0.1, 0.15) is 17.2 Å². The van der Waals surface area contributed by atoms with Crippen molar-refractivity contribution in [1.82, 2.24) is 0 Å². The van der Waals surface area contributed by atoms with Gasteiger partial charge in [-0.15, -0.1) is 13.2 Å². The normalized spacial score (nSPS) is 17.1. The van der Waals surface area contributed by atoms with Crippen LogP contribution in [0.3, 0.4) is 0 Å². The minimum atomic E-state index is -4.75. The topological polar surface area (TPSA) is 41.9 Å². The predicted molar refractivity (Wildman–Crippen MR) is 86.3 cm³/mol. The molecule has 0 saturated carbocycles. The second-order valence-electron chi connectivity index (χ2n) is 4.95. The maximum Gasteiger partial charge on any atom is 0.573 e. The molecule has 0 saturated heterocycles. The summed E-state index contributed by atoms with van der Waals surface area (Å²) in [6.07, 6.45) is -4.01. The van der Waals surface area contributed by atoms with Crippen molar-refractivity contribution in [1.29, 1.82) is 0 Å². The van der Waals surface area contributed by atoms with Gasteiger partial charge in [0, 0.05) is 5.56 Å². The fourth-order valence-electron chi connectivity index (χ4n) is 2.44. The number of carbonyl (C=O) groups is 1. The molecule has 0 radical (unpaired) electrons. The lowest BCUT2D eigenvalue weighted by Gasteiger charge is -2.31. The highest BCUT2D eigenvalue weighted by Gasteiger charge is 2.32. The van der Waals surface area contributed by atoms with Crippen LogP contribution in [0.5, 0.6) is 5.75 Å². The Morgan fingerprint density at radius 1 is 1.12 bits per heavy atom. The van der Waals surface area contributed by atoms with Gasteiger partial charge in [-0.2, -0.15) is 5.10 Å². The minimum absolute atomic E-state index is 0.339. The SMILES string of the molecule is O=CC1c2ccccc2C(Br)=NN1c1ccc(OC(F)(F)F)cc1. The van der Waals surface area contributed by atoms with Gasteiger partial charge in [-0.3, -0.25) is 0 Å². The van der Waals surface area contributed by atoms with Crippen molar-refractivity contribution in [3.8, 4) is 5.75 Å². The van der Waals surface area contributed by atoms with E-state index in [0.717, 1.165) is 17.4 Å². The molecule has 0 amide bonds. The number of hydrogen-bond donors (Lipinski definition) is 0. The summed E-state index contributed by atoms with van der Waals surface area (Å²) in [5.74, 6) is -0.339. The molecule has 8 heteroatoms. The number of hydrazone groups is 1. The van der Waals surface area contributed by atoms with Gasteiger partial charge in [0.2, 0.25) is 0 Å². The van der Waals surface area contributed by atoms with Gasteiger partial charge in [0.05, 0.1) is 5.69 Å². The van der Waals surface area contributed by atoms with Gasteiger partial charge in [0.15, 0.2) is 0 Å². The summed E-state index contributed by atoms with van der Waals surface area (Å²) in [6.45, 7) is 0. The first-order chi connectivity index (χ1) is 11.4. The van der Waals surface area contributed by atoms with Gasteiger partial charge in [-0.05, 0) is 45.8 Å². The number of fused-ring (bicyclic) bond motifs is 1. The van der Waals surface area contributed by atoms with E-state index in [4.69, 9.17) is 0 Å². The van der Waals surface area contributed by atoms with Crippen molar-refractivity contribution < 1.29 is 22.7 Å². The molecule has 3 rings (SSSR count). The molecule has 0 N–H and O–H groups in total. The van der Waals surface area contributed by atoms with Crippen LogP contribution >= 0.6 is 15.9 Å². The zero-order valence-corrected chi connectivity index (χ0v) is 13.6. The third-order valence-electron chi connectivity index (χ3n) is 3.42. The molecule has 1 heterocycles. The molecule has 0 bridgehead atoms. The zero-order chi connectivity index (χ0) is 17.3. The Kier molecular flexibility index (Phi) is 4.31. The average molecular weight is 399 g/mol. The Bertz CT molecular complexity index is 791. The number of halogens is 4. The smallest absolute Gasteiger partial charge is 0.406 e. The molecule has 1 unspecified atom stereocenters. The number of rotatable bonds is 3. The van der Waals surface area contributed by atoms with Crippen molar-refractivity contribution in [3.63, 3.8) is 0 Å². The molecular formula is C16H10BrF3N2O2. The maximum absolute atomic E-state index is 12.2. The minimum Gasteiger partial charge on any atom is -0.406 e. The summed E-state index contributed by atoms with van der Waals surface area (Å²) in [5.41, 5.74) is 2.01. The molecular weight excluding hydrogens is 389 g/mol. The van der Waals surface area contributed by atoms with Gasteiger partial charge in [0.1, 0.15) is 22.7 Å². The van der Waals surface area contributed by atoms with Gasteiger partial charge < -0.3 is 9.53 Å². The third kappa shape index (κ3) is 3.28. The molecule has 2 aromatic rings. The molecule has 24 heavy (non-hydrogen) atoms. The van der Waals surface area contributed by atoms with Gasteiger partial charge >= 0.3 is 6.36 Å². The van der Waals surface area contributed by atoms with Crippen LogP contribution < -0.4 is 9.75 Å². The number of ether oxygens (including phenoxy) is 1. The van der Waals surface area contributed by atoms with Crippen LogP contribution in [0.2, 0.25) is 0 Å². The monoisotopic (exact) mass is 398 g/mol. The van der Waals surface area contributed by atoms with Crippen LogP contribution in [0.15, 0.2) is 53.6 Å². The number of nitrogens with zero attached hydrogens (tertiary/aromatic N) is 2. The van der Waals surface area contributed by atoms with E-state index < -0.39 is 12.4 Å². The summed E-state index contributed by atoms with van der Waals surface area (Å²) < 4.78 is 41.0. The van der Waals surface area contributed by atoms with E-state index in [1.807, 2.05) is 12.1 Å². The highest BCUT2D eigenvalue weighted by molar-refractivity contribution is 9.18. The number of benzene rings is 2. The lowest BCUT2D eigenvalue weighted by molar-refractivity contribution is -0.274. The van der Waals surface area contributed by atoms with Crippen LogP contribution in [0.4, 0.5) is 18.9 Å². The second-order valence-corrected chi connectivity index (χ2v) is 5.70. The second kappa shape index (κ2) is 6.27. The van der Waals surface area contributed by atoms with Crippen LogP contribution in [-0.2, 0) is 4.79 Å². The molecule has 1 atom stereocenters. The van der Waals surface area contributed by atoms with E-state index in [1.54, 1.807) is 12.1 Å². The first-order valence-corrected chi connectivity index (χ1v) is 7.62. The van der Waals surface area contributed by atoms with E-state index in [1.165, 1.54) is 29.3 Å². The van der Waals surface area contributed by atoms with Crippen LogP contribution in [0, 0.1) is 0 Å². The standard InChI is InChI=1S/C16H10BrF3N2O2/c17-15-13-4-2-1-3-12(13)14(9-23)22(21-15)10-5-7-11(8-6-10)24-16(18,19)20/h1-9,14H. The first kappa shape index (κ1) is 16.5. The Balaban J connectivity index is 1.95. The van der Waals surface area contributed by atoms with Gasteiger partial charge in [0.25, 0.3) is 0 Å². The predicted octanol–water partition coefficient (Wildman–Crippen LogP) is 4.40. The van der Waals surface area contributed by atoms with E-state index >= 15 is 0 Å². The van der Waals surface area contributed by atoms with Gasteiger partial charge in [-0.25, -0.2) is 5.01 Å². The summed E-state index contributed by atoms with van der Waals surface area (Å²) in [5, 5.41) is 5.76. The van der Waals surface area contributed by atoms with Crippen molar-refractivity contribution in [2.24, 2.45) is 5.10 Å². The Hall–Kier alpha value is -2.35. The lowest BCUT2D eigenvalue weighted by atomic mass is 9.99. The first-order valence-electron chi connectivity index (χ1n) is 6.83. The summed E-state index contributed by atoms with van der Waals surface area (Å²) in [7, 11) is 0. The quantitative estimate of drug-likeness (QED) is 0.719. The molecule has 0 aliphatic carbocycles. The average Bonchev–Trinajstić information content (AvgIpc) is 2.54. The molecule has 1 aliphatic heterocycles. The maximum atomic E-state index is 12.2. The molecule has 0 aromatic heterocycles. The largest absolute Gasteiger partial charge is 0.573 e. The summed E-state index contributed by atoms with van der Waals surface area (Å²) in [4.78, 5) is 11.6. The highest BCUT2D eigenvalue weighted by Crippen LogP contribution is 2.35. The molecule has 0 spiro atoms. The van der Waals surface area contributed by atoms with E-state index in [0.29, 0.717) is 10.3 Å². The number of anilines is 1. The van der Waals surface area contributed by atoms with Crippen LogP contribution in [0.25, 0.3) is 0 Å². The molecule has 0 fully saturated rings. The van der Waals surface area contributed by atoms with Crippen molar-refractivity contribution >= 4 is 32.5 Å². The van der Waals surface area contributed by atoms with Crippen molar-refractivity contribution in [2.45, 2.75) is 12.4 Å². The Morgan fingerprint density at radius 2 is 1.79 bits per heavy atom. The summed E-state index contributed by atoms with van der Waals surface area (Å²) in [6, 6.07) is 11.8. The van der Waals surface area contributed by atoms with Crippen LogP contribution in [-0.4, -0.2) is 17.3 Å². The molecule has 4 nitrogen and oxygen atoms in total. The van der Waals surface area contributed by atoms with Crippen molar-refractivity contribution in [2.75, 3.05) is 5.01 Å². The lowest BCUT2D eigenvalue weighted by Crippen LogP contribution is -2.30. The zero-order valence-electron chi connectivity index (χ0n) is 12.0. The Morgan fingerprint density at radius 3 is 2.42 bits per heavy atom. The van der Waals surface area contributed by atoms with Crippen molar-refractivity contribution in [3.05, 3.63) is 59.7 Å². The van der Waals surface area contributed by atoms with Gasteiger partial charge in [-0.1, -0.05) is 24.3 Å². The fourth-order valence-corrected chi connectivity index (χ4v) is 2.97. The molecule has 124 valence electrons. The van der Waals surface area contributed by atoms with E-state index in [-0.39, 0.29) is 5.75 Å². The third-order valence-corrected chi connectivity index (χ3v) is 4.01. The Labute approximate surface area is 143 Å². The number of alkyl halides is 3. The summed E-state index contributed by atoms with van der Waals surface area (Å²) >= 11 is 3.35. The number of aldehydes is 1. The highest BCUT2D eigenvalue weighted by atomic mass is 79.9.